The normalized spacial score (nSPS) is 16.5. The van der Waals surface area contributed by atoms with Crippen LogP contribution < -0.4 is 5.32 Å². The van der Waals surface area contributed by atoms with E-state index in [1.54, 1.807) is 18.5 Å². The first kappa shape index (κ1) is 15.0. The summed E-state index contributed by atoms with van der Waals surface area (Å²) in [5, 5.41) is 3.46. The van der Waals surface area contributed by atoms with Crippen molar-refractivity contribution in [1.82, 2.24) is 14.6 Å². The van der Waals surface area contributed by atoms with Crippen molar-refractivity contribution < 1.29 is 4.79 Å². The van der Waals surface area contributed by atoms with Crippen molar-refractivity contribution in [3.8, 4) is 0 Å². The zero-order chi connectivity index (χ0) is 14.7. The molecule has 0 atom stereocenters. The van der Waals surface area contributed by atoms with Gasteiger partial charge in [0.1, 0.15) is 0 Å². The maximum Gasteiger partial charge on any atom is 0.219 e. The molecule has 4 nitrogen and oxygen atoms in total. The van der Waals surface area contributed by atoms with Crippen LogP contribution in [0.4, 0.5) is 0 Å². The summed E-state index contributed by atoms with van der Waals surface area (Å²) in [5.41, 5.74) is 1.85. The van der Waals surface area contributed by atoms with Gasteiger partial charge in [0.05, 0.1) is 11.4 Å². The van der Waals surface area contributed by atoms with Gasteiger partial charge in [0.15, 0.2) is 0 Å². The molecule has 0 bridgehead atoms. The lowest BCUT2D eigenvalue weighted by Crippen LogP contribution is -2.43. The summed E-state index contributed by atoms with van der Waals surface area (Å²) >= 11 is 1.55. The van der Waals surface area contributed by atoms with E-state index in [-0.39, 0.29) is 5.91 Å². The molecular formula is C15H23N3OS. The predicted octanol–water partition coefficient (Wildman–Crippen LogP) is 2.84. The zero-order valence-electron chi connectivity index (χ0n) is 12.5. The molecule has 0 aromatic carbocycles. The molecule has 20 heavy (non-hydrogen) atoms. The van der Waals surface area contributed by atoms with Crippen LogP contribution in [0.5, 0.6) is 0 Å². The number of amides is 1. The van der Waals surface area contributed by atoms with E-state index in [4.69, 9.17) is 0 Å². The van der Waals surface area contributed by atoms with Crippen LogP contribution in [0, 0.1) is 0 Å². The molecule has 1 saturated heterocycles. The molecule has 0 radical (unpaired) electrons. The van der Waals surface area contributed by atoms with Gasteiger partial charge in [-0.25, -0.2) is 0 Å². The maximum absolute atomic E-state index is 11.3. The molecule has 1 amide bonds. The van der Waals surface area contributed by atoms with Crippen molar-refractivity contribution in [2.45, 2.75) is 45.6 Å². The largest absolute Gasteiger partial charge is 0.381 e. The fraction of sp³-hybridized carbons (Fsp3) is 0.600. The van der Waals surface area contributed by atoms with Gasteiger partial charge in [-0.15, -0.1) is 0 Å². The van der Waals surface area contributed by atoms with Crippen LogP contribution in [0.25, 0.3) is 5.70 Å². The molecule has 2 rings (SSSR count). The lowest BCUT2D eigenvalue weighted by molar-refractivity contribution is -0.129. The van der Waals surface area contributed by atoms with Gasteiger partial charge in [0, 0.05) is 30.9 Å². The molecule has 1 N–H and O–H groups in total. The number of nitrogens with zero attached hydrogens (tertiary/aromatic N) is 2. The van der Waals surface area contributed by atoms with Crippen molar-refractivity contribution in [3.63, 3.8) is 0 Å². The first-order valence-electron chi connectivity index (χ1n) is 7.15. The molecule has 2 heterocycles. The Morgan fingerprint density at radius 3 is 2.65 bits per heavy atom. The number of hydrogen-bond donors (Lipinski definition) is 1. The van der Waals surface area contributed by atoms with E-state index in [0.717, 1.165) is 37.3 Å². The van der Waals surface area contributed by atoms with Crippen molar-refractivity contribution in [2.24, 2.45) is 0 Å². The van der Waals surface area contributed by atoms with Crippen LogP contribution in [-0.4, -0.2) is 34.3 Å². The highest BCUT2D eigenvalue weighted by atomic mass is 32.1. The second kappa shape index (κ2) is 6.39. The van der Waals surface area contributed by atoms with Crippen LogP contribution in [0.3, 0.4) is 0 Å². The van der Waals surface area contributed by atoms with Gasteiger partial charge < -0.3 is 10.2 Å². The fourth-order valence-electron chi connectivity index (χ4n) is 2.36. The summed E-state index contributed by atoms with van der Waals surface area (Å²) in [6, 6.07) is 2.51. The Labute approximate surface area is 125 Å². The van der Waals surface area contributed by atoms with Gasteiger partial charge in [0.25, 0.3) is 0 Å². The van der Waals surface area contributed by atoms with E-state index in [9.17, 15) is 4.79 Å². The van der Waals surface area contributed by atoms with Crippen LogP contribution in [-0.2, 0) is 4.79 Å². The fourth-order valence-corrected chi connectivity index (χ4v) is 3.10. The number of nitrogens with one attached hydrogen (secondary N) is 1. The summed E-state index contributed by atoms with van der Waals surface area (Å²) in [4.78, 5) is 14.5. The van der Waals surface area contributed by atoms with Crippen molar-refractivity contribution in [2.75, 3.05) is 13.1 Å². The molecule has 1 aromatic heterocycles. The molecule has 1 aliphatic rings. The molecule has 1 aliphatic heterocycles. The monoisotopic (exact) mass is 293 g/mol. The van der Waals surface area contributed by atoms with Gasteiger partial charge >= 0.3 is 0 Å². The quantitative estimate of drug-likeness (QED) is 0.928. The topological polar surface area (TPSA) is 45.2 Å². The van der Waals surface area contributed by atoms with E-state index in [1.807, 2.05) is 4.90 Å². The van der Waals surface area contributed by atoms with Gasteiger partial charge in [-0.1, -0.05) is 20.4 Å². The summed E-state index contributed by atoms with van der Waals surface area (Å²) in [5.74, 6) is 0.677. The second-order valence-corrected chi connectivity index (χ2v) is 6.51. The summed E-state index contributed by atoms with van der Waals surface area (Å²) in [6.45, 7) is 11.7. The zero-order valence-corrected chi connectivity index (χ0v) is 13.3. The van der Waals surface area contributed by atoms with Crippen LogP contribution in [0.15, 0.2) is 12.6 Å². The molecule has 0 saturated carbocycles. The SMILES string of the molecule is C=C(NC1CCN(C(C)=O)CC1)c1cc(C(C)C)sn1. The van der Waals surface area contributed by atoms with Gasteiger partial charge in [-0.05, 0) is 36.4 Å². The Morgan fingerprint density at radius 2 is 2.15 bits per heavy atom. The molecule has 0 aliphatic carbocycles. The Bertz CT molecular complexity index is 487. The third-order valence-corrected chi connectivity index (χ3v) is 4.81. The minimum atomic E-state index is 0.170. The van der Waals surface area contributed by atoms with E-state index < -0.39 is 0 Å². The highest BCUT2D eigenvalue weighted by Gasteiger charge is 2.21. The Balaban J connectivity index is 1.87. The number of carbonyl (C=O) groups is 1. The van der Waals surface area contributed by atoms with E-state index in [0.29, 0.717) is 12.0 Å². The highest BCUT2D eigenvalue weighted by molar-refractivity contribution is 7.06. The van der Waals surface area contributed by atoms with Crippen molar-refractivity contribution in [1.29, 1.82) is 0 Å². The summed E-state index contributed by atoms with van der Waals surface area (Å²) < 4.78 is 4.46. The molecule has 0 unspecified atom stereocenters. The minimum Gasteiger partial charge on any atom is -0.381 e. The standard InChI is InChI=1S/C15H23N3OS/c1-10(2)15-9-14(17-20-15)11(3)16-13-5-7-18(8-6-13)12(4)19/h9-10,13,16H,3,5-8H2,1-2,4H3. The Kier molecular flexibility index (Phi) is 4.81. The van der Waals surface area contributed by atoms with Gasteiger partial charge in [-0.3, -0.25) is 4.79 Å². The molecule has 5 heteroatoms. The summed E-state index contributed by atoms with van der Waals surface area (Å²) in [7, 11) is 0. The lowest BCUT2D eigenvalue weighted by Gasteiger charge is -2.32. The Morgan fingerprint density at radius 1 is 1.50 bits per heavy atom. The number of aromatic nitrogens is 1. The molecular weight excluding hydrogens is 270 g/mol. The third kappa shape index (κ3) is 3.60. The first-order chi connectivity index (χ1) is 9.47. The number of likely N-dealkylation sites (tertiary alicyclic amines) is 1. The molecule has 110 valence electrons. The number of piperidine rings is 1. The van der Waals surface area contributed by atoms with Crippen molar-refractivity contribution >= 4 is 23.1 Å². The highest BCUT2D eigenvalue weighted by Crippen LogP contribution is 2.23. The molecule has 1 aromatic rings. The van der Waals surface area contributed by atoms with Gasteiger partial charge in [0.2, 0.25) is 5.91 Å². The van der Waals surface area contributed by atoms with E-state index >= 15 is 0 Å². The molecule has 0 spiro atoms. The minimum absolute atomic E-state index is 0.170. The number of rotatable bonds is 4. The van der Waals surface area contributed by atoms with Gasteiger partial charge in [-0.2, -0.15) is 4.37 Å². The maximum atomic E-state index is 11.3. The first-order valence-corrected chi connectivity index (χ1v) is 7.92. The summed E-state index contributed by atoms with van der Waals surface area (Å²) in [6.07, 6.45) is 1.94. The van der Waals surface area contributed by atoms with Crippen LogP contribution in [0.1, 0.15) is 50.1 Å². The predicted molar refractivity (Wildman–Crippen MR) is 83.6 cm³/mol. The number of hydrogen-bond acceptors (Lipinski definition) is 4. The second-order valence-electron chi connectivity index (χ2n) is 5.67. The van der Waals surface area contributed by atoms with E-state index in [2.05, 4.69) is 36.2 Å². The van der Waals surface area contributed by atoms with Crippen molar-refractivity contribution in [3.05, 3.63) is 23.2 Å². The lowest BCUT2D eigenvalue weighted by atomic mass is 10.0. The van der Waals surface area contributed by atoms with Crippen LogP contribution >= 0.6 is 11.5 Å². The smallest absolute Gasteiger partial charge is 0.219 e. The number of carbonyl (C=O) groups excluding carboxylic acids is 1. The average molecular weight is 293 g/mol. The van der Waals surface area contributed by atoms with E-state index in [1.165, 1.54) is 4.88 Å². The Hall–Kier alpha value is -1.36. The molecule has 1 fully saturated rings. The average Bonchev–Trinajstić information content (AvgIpc) is 2.89. The van der Waals surface area contributed by atoms with Crippen LogP contribution in [0.2, 0.25) is 0 Å². The third-order valence-electron chi connectivity index (χ3n) is 3.73.